The molecule has 0 spiro atoms. The van der Waals surface area contributed by atoms with Gasteiger partial charge in [0.25, 0.3) is 5.91 Å². The van der Waals surface area contributed by atoms with Gasteiger partial charge in [0.15, 0.2) is 0 Å². The normalized spacial score (nSPS) is 16.2. The number of hydrogen-bond donors (Lipinski definition) is 1. The van der Waals surface area contributed by atoms with Gasteiger partial charge in [0, 0.05) is 12.6 Å². The van der Waals surface area contributed by atoms with Crippen LogP contribution in [0.3, 0.4) is 0 Å². The minimum atomic E-state index is -5.34. The maximum atomic E-state index is 15.1. The lowest BCUT2D eigenvalue weighted by molar-refractivity contribution is -0.160. The number of hydrogen-bond acceptors (Lipinski definition) is 2. The van der Waals surface area contributed by atoms with Crippen molar-refractivity contribution in [1.82, 2.24) is 10.2 Å². The van der Waals surface area contributed by atoms with Gasteiger partial charge in [-0.3, -0.25) is 9.59 Å². The second kappa shape index (κ2) is 11.8. The monoisotopic (exact) mass is 672 g/mol. The van der Waals surface area contributed by atoms with Crippen molar-refractivity contribution in [2.24, 2.45) is 0 Å². The molecule has 42 heavy (non-hydrogen) atoms. The minimum Gasteiger partial charge on any atom is -0.338 e. The predicted octanol–water partition coefficient (Wildman–Crippen LogP) is 8.61. The molecule has 0 aromatic heterocycles. The summed E-state index contributed by atoms with van der Waals surface area (Å²) in [6.45, 7) is -1.68. The van der Waals surface area contributed by atoms with E-state index >= 15 is 4.39 Å². The van der Waals surface area contributed by atoms with Crippen molar-refractivity contribution in [3.63, 3.8) is 0 Å². The van der Waals surface area contributed by atoms with Crippen molar-refractivity contribution in [2.45, 2.75) is 42.8 Å². The van der Waals surface area contributed by atoms with E-state index in [-0.39, 0.29) is 34.9 Å². The molecule has 1 unspecified atom stereocenters. The summed E-state index contributed by atoms with van der Waals surface area (Å²) in [7, 11) is 0.799. The number of allylic oxidation sites excluding steroid dienone is 1. The third-order valence-corrected chi connectivity index (χ3v) is 7.35. The van der Waals surface area contributed by atoms with Crippen molar-refractivity contribution < 1.29 is 53.5 Å². The zero-order chi connectivity index (χ0) is 32.0. The molecule has 4 nitrogen and oxygen atoms in total. The van der Waals surface area contributed by atoms with Crippen LogP contribution in [0.5, 0.6) is 0 Å². The average molecular weight is 674 g/mol. The van der Waals surface area contributed by atoms with Gasteiger partial charge in [-0.25, -0.2) is 4.39 Å². The number of likely N-dealkylation sites (N-methyl/N-ethyl adjacent to an activating group) is 1. The molecule has 2 aromatic carbocycles. The van der Waals surface area contributed by atoms with Crippen molar-refractivity contribution >= 4 is 52.4 Å². The summed E-state index contributed by atoms with van der Waals surface area (Å²) < 4.78 is 136. The number of nitrogens with zero attached hydrogens (tertiary/aromatic N) is 1. The van der Waals surface area contributed by atoms with Crippen LogP contribution in [-0.2, 0) is 11.0 Å². The second-order valence-electron chi connectivity index (χ2n) is 9.40. The molecule has 2 amide bonds. The number of rotatable bonds is 7. The van der Waals surface area contributed by atoms with Crippen LogP contribution < -0.4 is 5.32 Å². The molecule has 0 saturated heterocycles. The Morgan fingerprint density at radius 1 is 0.976 bits per heavy atom. The average Bonchev–Trinajstić information content (AvgIpc) is 3.62. The lowest BCUT2D eigenvalue weighted by Gasteiger charge is -2.25. The quantitative estimate of drug-likeness (QED) is 0.237. The fourth-order valence-electron chi connectivity index (χ4n) is 4.01. The SMILES string of the molecule is CN(CC(F)(F)F)C(=O)C1(NC(=O)c2ccc(/C(F)=C/C(c3cc(Cl)c(Cl)c(Cl)c3)C(F)(F)F)cc2C(F)(F)F)CC1. The fourth-order valence-corrected chi connectivity index (χ4v) is 4.62. The van der Waals surface area contributed by atoms with E-state index < -0.39 is 86.5 Å². The minimum absolute atomic E-state index is 0.0144. The van der Waals surface area contributed by atoms with Gasteiger partial charge in [0.1, 0.15) is 23.8 Å². The van der Waals surface area contributed by atoms with Gasteiger partial charge >= 0.3 is 18.5 Å². The maximum absolute atomic E-state index is 15.1. The second-order valence-corrected chi connectivity index (χ2v) is 10.6. The van der Waals surface area contributed by atoms with E-state index in [4.69, 9.17) is 34.8 Å². The Balaban J connectivity index is 1.97. The van der Waals surface area contributed by atoms with Crippen molar-refractivity contribution in [2.75, 3.05) is 13.6 Å². The number of benzene rings is 2. The molecule has 230 valence electrons. The molecular formula is C25H17Cl3F10N2O2. The molecule has 1 aliphatic carbocycles. The number of carbonyl (C=O) groups is 2. The lowest BCUT2D eigenvalue weighted by Crippen LogP contribution is -2.51. The molecule has 1 N–H and O–H groups in total. The molecule has 0 radical (unpaired) electrons. The van der Waals surface area contributed by atoms with Crippen LogP contribution in [0.2, 0.25) is 15.1 Å². The highest BCUT2D eigenvalue weighted by molar-refractivity contribution is 6.48. The Morgan fingerprint density at radius 2 is 1.52 bits per heavy atom. The molecule has 3 rings (SSSR count). The molecule has 0 heterocycles. The third kappa shape index (κ3) is 7.81. The van der Waals surface area contributed by atoms with E-state index in [9.17, 15) is 49.1 Å². The first kappa shape index (κ1) is 33.8. The fraction of sp³-hybridized carbons (Fsp3) is 0.360. The molecule has 1 atom stereocenters. The number of alkyl halides is 9. The van der Waals surface area contributed by atoms with Crippen molar-refractivity contribution in [1.29, 1.82) is 0 Å². The van der Waals surface area contributed by atoms with Gasteiger partial charge < -0.3 is 10.2 Å². The summed E-state index contributed by atoms with van der Waals surface area (Å²) in [6.07, 6.45) is -15.6. The largest absolute Gasteiger partial charge is 0.417 e. The molecule has 0 bridgehead atoms. The predicted molar refractivity (Wildman–Crippen MR) is 134 cm³/mol. The Bertz CT molecular complexity index is 1390. The van der Waals surface area contributed by atoms with Gasteiger partial charge in [0.05, 0.1) is 26.2 Å². The van der Waals surface area contributed by atoms with E-state index in [2.05, 4.69) is 0 Å². The van der Waals surface area contributed by atoms with E-state index in [1.807, 2.05) is 5.32 Å². The first-order chi connectivity index (χ1) is 19.1. The summed E-state index contributed by atoms with van der Waals surface area (Å²) in [5.74, 6) is -7.17. The van der Waals surface area contributed by atoms with Crippen LogP contribution in [0.4, 0.5) is 43.9 Å². The van der Waals surface area contributed by atoms with Gasteiger partial charge in [0.2, 0.25) is 5.91 Å². The van der Waals surface area contributed by atoms with E-state index in [1.165, 1.54) is 0 Å². The Morgan fingerprint density at radius 3 is 1.98 bits per heavy atom. The standard InChI is InChI=1S/C25H17Cl3F10N2O2/c1-40(10-23(30,31)32)21(42)22(4-5-22)39-20(41)13-3-2-11(6-15(13)25(36,37)38)18(29)9-14(24(33,34)35)12-7-16(26)19(28)17(27)8-12/h2-3,6-9,14H,4-5,10H2,1H3,(H,39,41)/b18-9-. The Hall–Kier alpha value is -2.71. The molecular weight excluding hydrogens is 657 g/mol. The zero-order valence-electron chi connectivity index (χ0n) is 20.8. The summed E-state index contributed by atoms with van der Waals surface area (Å²) in [5.41, 5.74) is -6.44. The highest BCUT2D eigenvalue weighted by Gasteiger charge is 2.54. The number of nitrogens with one attached hydrogen (secondary N) is 1. The van der Waals surface area contributed by atoms with Gasteiger partial charge in [-0.05, 0) is 48.7 Å². The lowest BCUT2D eigenvalue weighted by atomic mass is 9.95. The smallest absolute Gasteiger partial charge is 0.338 e. The topological polar surface area (TPSA) is 49.4 Å². The van der Waals surface area contributed by atoms with Crippen molar-refractivity contribution in [3.8, 4) is 0 Å². The van der Waals surface area contributed by atoms with Gasteiger partial charge in [-0.1, -0.05) is 40.9 Å². The highest BCUT2D eigenvalue weighted by Crippen LogP contribution is 2.43. The zero-order valence-corrected chi connectivity index (χ0v) is 23.1. The van der Waals surface area contributed by atoms with Crippen LogP contribution >= 0.6 is 34.8 Å². The molecule has 17 heteroatoms. The molecule has 1 fully saturated rings. The van der Waals surface area contributed by atoms with Crippen molar-refractivity contribution in [3.05, 3.63) is 73.7 Å². The summed E-state index contributed by atoms with van der Waals surface area (Å²) in [4.78, 5) is 25.5. The number of carbonyl (C=O) groups excluding carboxylic acids is 2. The Kier molecular flexibility index (Phi) is 9.46. The first-order valence-corrected chi connectivity index (χ1v) is 12.6. The first-order valence-electron chi connectivity index (χ1n) is 11.5. The van der Waals surface area contributed by atoms with Crippen LogP contribution in [0.25, 0.3) is 5.83 Å². The summed E-state index contributed by atoms with van der Waals surface area (Å²) >= 11 is 17.3. The van der Waals surface area contributed by atoms with E-state index in [0.717, 1.165) is 19.2 Å². The van der Waals surface area contributed by atoms with Crippen LogP contribution in [0.15, 0.2) is 36.4 Å². The third-order valence-electron chi connectivity index (χ3n) is 6.15. The number of amides is 2. The maximum Gasteiger partial charge on any atom is 0.417 e. The number of halogens is 13. The van der Waals surface area contributed by atoms with Crippen LogP contribution in [0.1, 0.15) is 45.8 Å². The highest BCUT2D eigenvalue weighted by atomic mass is 35.5. The molecule has 1 aliphatic rings. The molecule has 2 aromatic rings. The van der Waals surface area contributed by atoms with Crippen LogP contribution in [-0.4, -0.2) is 48.2 Å². The van der Waals surface area contributed by atoms with Gasteiger partial charge in [-0.15, -0.1) is 0 Å². The van der Waals surface area contributed by atoms with E-state index in [1.54, 1.807) is 0 Å². The molecule has 1 saturated carbocycles. The summed E-state index contributed by atoms with van der Waals surface area (Å²) in [5, 5.41) is 0.940. The Labute approximate surface area is 246 Å². The van der Waals surface area contributed by atoms with Crippen LogP contribution in [0, 0.1) is 0 Å². The summed E-state index contributed by atoms with van der Waals surface area (Å²) in [6, 6.07) is 2.68. The van der Waals surface area contributed by atoms with E-state index in [0.29, 0.717) is 12.1 Å². The molecule has 0 aliphatic heterocycles. The van der Waals surface area contributed by atoms with Gasteiger partial charge in [-0.2, -0.15) is 39.5 Å².